The molecule has 14 heavy (non-hydrogen) atoms. The van der Waals surface area contributed by atoms with Gasteiger partial charge in [-0.3, -0.25) is 0 Å². The number of aromatic nitrogens is 2. The molecule has 0 amide bonds. The number of rotatable bonds is 2. The Morgan fingerprint density at radius 2 is 2.21 bits per heavy atom. The van der Waals surface area contributed by atoms with Crippen molar-refractivity contribution in [2.24, 2.45) is 0 Å². The maximum atomic E-state index is 5.12. The van der Waals surface area contributed by atoms with Crippen LogP contribution in [0.4, 0.5) is 0 Å². The summed E-state index contributed by atoms with van der Waals surface area (Å²) in [5.74, 6) is 0.711. The molecule has 0 bridgehead atoms. The standard InChI is InChI=1S/C10H9N2O.Pt/c1-13-10-7-8-11-12(10)9-5-3-2-4-6-9;/h2-5,7-8H,1H3;/q-1;. The second-order valence-electron chi connectivity index (χ2n) is 2.53. The Hall–Kier alpha value is -1.08. The van der Waals surface area contributed by atoms with Gasteiger partial charge >= 0.3 is 0 Å². The molecular weight excluding hydrogens is 359 g/mol. The predicted molar refractivity (Wildman–Crippen MR) is 49.0 cm³/mol. The second-order valence-corrected chi connectivity index (χ2v) is 2.53. The number of para-hydroxylation sites is 1. The first-order valence-corrected chi connectivity index (χ1v) is 3.97. The Labute approximate surface area is 97.0 Å². The summed E-state index contributed by atoms with van der Waals surface area (Å²) < 4.78 is 6.81. The van der Waals surface area contributed by atoms with E-state index in [0.717, 1.165) is 5.69 Å². The Balaban J connectivity index is 0.000000980. The molecule has 0 aliphatic rings. The van der Waals surface area contributed by atoms with Crippen LogP contribution in [0, 0.1) is 6.07 Å². The molecule has 76 valence electrons. The first-order chi connectivity index (χ1) is 6.42. The van der Waals surface area contributed by atoms with Gasteiger partial charge in [-0.1, -0.05) is 0 Å². The number of hydrogen-bond donors (Lipinski definition) is 0. The third-order valence-corrected chi connectivity index (χ3v) is 1.74. The number of hydrogen-bond acceptors (Lipinski definition) is 2. The Morgan fingerprint density at radius 3 is 2.86 bits per heavy atom. The number of ether oxygens (including phenoxy) is 1. The van der Waals surface area contributed by atoms with E-state index in [4.69, 9.17) is 4.74 Å². The van der Waals surface area contributed by atoms with Crippen molar-refractivity contribution in [2.75, 3.05) is 7.11 Å². The number of methoxy groups -OCH3 is 1. The summed E-state index contributed by atoms with van der Waals surface area (Å²) in [5, 5.41) is 4.12. The zero-order valence-electron chi connectivity index (χ0n) is 7.58. The van der Waals surface area contributed by atoms with E-state index in [2.05, 4.69) is 11.2 Å². The molecule has 0 unspecified atom stereocenters. The van der Waals surface area contributed by atoms with Crippen LogP contribution in [0.3, 0.4) is 0 Å². The molecule has 0 saturated carbocycles. The molecule has 1 heterocycles. The van der Waals surface area contributed by atoms with E-state index in [-0.39, 0.29) is 21.1 Å². The van der Waals surface area contributed by atoms with E-state index in [1.54, 1.807) is 24.1 Å². The fourth-order valence-electron chi connectivity index (χ4n) is 1.14. The van der Waals surface area contributed by atoms with Crippen LogP contribution in [0.5, 0.6) is 5.88 Å². The molecule has 0 aliphatic carbocycles. The molecule has 2 rings (SSSR count). The van der Waals surface area contributed by atoms with Crippen LogP contribution >= 0.6 is 0 Å². The van der Waals surface area contributed by atoms with Crippen LogP contribution in [0.1, 0.15) is 0 Å². The molecule has 2 aromatic rings. The molecule has 0 fully saturated rings. The van der Waals surface area contributed by atoms with Gasteiger partial charge in [0.15, 0.2) is 0 Å². The van der Waals surface area contributed by atoms with Crippen LogP contribution in [0.2, 0.25) is 0 Å². The number of benzene rings is 1. The molecule has 0 spiro atoms. The van der Waals surface area contributed by atoms with Crippen LogP contribution in [-0.4, -0.2) is 16.9 Å². The quantitative estimate of drug-likeness (QED) is 0.755. The third kappa shape index (κ3) is 2.04. The first kappa shape index (κ1) is 11.0. The van der Waals surface area contributed by atoms with Gasteiger partial charge in [0.05, 0.1) is 13.3 Å². The zero-order valence-corrected chi connectivity index (χ0v) is 9.86. The van der Waals surface area contributed by atoms with Crippen LogP contribution in [0.15, 0.2) is 36.5 Å². The van der Waals surface area contributed by atoms with Crippen molar-refractivity contribution in [3.8, 4) is 11.6 Å². The van der Waals surface area contributed by atoms with E-state index in [1.807, 2.05) is 24.3 Å². The van der Waals surface area contributed by atoms with Crippen molar-refractivity contribution in [1.82, 2.24) is 9.78 Å². The van der Waals surface area contributed by atoms with Crippen molar-refractivity contribution in [2.45, 2.75) is 0 Å². The Morgan fingerprint density at radius 1 is 1.36 bits per heavy atom. The van der Waals surface area contributed by atoms with Gasteiger partial charge in [0.1, 0.15) is 0 Å². The minimum Gasteiger partial charge on any atom is -0.481 e. The van der Waals surface area contributed by atoms with Gasteiger partial charge in [0.25, 0.3) is 0 Å². The van der Waals surface area contributed by atoms with Crippen molar-refractivity contribution in [3.05, 3.63) is 42.6 Å². The molecule has 1 aromatic heterocycles. The molecule has 0 radical (unpaired) electrons. The van der Waals surface area contributed by atoms with E-state index in [9.17, 15) is 0 Å². The third-order valence-electron chi connectivity index (χ3n) is 1.74. The molecule has 0 atom stereocenters. The summed E-state index contributed by atoms with van der Waals surface area (Å²) >= 11 is 0. The van der Waals surface area contributed by atoms with Crippen molar-refractivity contribution in [1.29, 1.82) is 0 Å². The van der Waals surface area contributed by atoms with E-state index in [0.29, 0.717) is 5.88 Å². The molecule has 3 nitrogen and oxygen atoms in total. The van der Waals surface area contributed by atoms with E-state index < -0.39 is 0 Å². The fourth-order valence-corrected chi connectivity index (χ4v) is 1.14. The first-order valence-electron chi connectivity index (χ1n) is 3.97. The Kier molecular flexibility index (Phi) is 3.90. The minimum atomic E-state index is 0. The summed E-state index contributed by atoms with van der Waals surface area (Å²) in [4.78, 5) is 0. The molecule has 0 aliphatic heterocycles. The van der Waals surface area contributed by atoms with Gasteiger partial charge < -0.3 is 4.74 Å². The minimum absolute atomic E-state index is 0. The molecule has 0 saturated heterocycles. The second kappa shape index (κ2) is 4.96. The fraction of sp³-hybridized carbons (Fsp3) is 0.100. The molecule has 1 aromatic carbocycles. The largest absolute Gasteiger partial charge is 0.481 e. The predicted octanol–water partition coefficient (Wildman–Crippen LogP) is 1.68. The molecular formula is C10H9N2OPt-. The zero-order chi connectivity index (χ0) is 9.10. The maximum Gasteiger partial charge on any atom is 0.214 e. The van der Waals surface area contributed by atoms with Gasteiger partial charge in [0, 0.05) is 27.1 Å². The summed E-state index contributed by atoms with van der Waals surface area (Å²) in [5.41, 5.74) is 0.879. The van der Waals surface area contributed by atoms with Crippen LogP contribution < -0.4 is 4.74 Å². The smallest absolute Gasteiger partial charge is 0.214 e. The maximum absolute atomic E-state index is 5.12. The van der Waals surface area contributed by atoms with Gasteiger partial charge in [-0.2, -0.15) is 29.4 Å². The summed E-state index contributed by atoms with van der Waals surface area (Å²) in [6.07, 6.45) is 1.69. The molecule has 4 heteroatoms. The van der Waals surface area contributed by atoms with Crippen LogP contribution in [0.25, 0.3) is 5.69 Å². The monoisotopic (exact) mass is 368 g/mol. The summed E-state index contributed by atoms with van der Waals surface area (Å²) in [6, 6.07) is 12.5. The van der Waals surface area contributed by atoms with Crippen molar-refractivity contribution >= 4 is 0 Å². The summed E-state index contributed by atoms with van der Waals surface area (Å²) in [7, 11) is 1.62. The average Bonchev–Trinajstić information content (AvgIpc) is 2.67. The topological polar surface area (TPSA) is 27.1 Å². The average molecular weight is 368 g/mol. The SMILES string of the molecule is COc1ccnn1-c1[c-]cccc1.[Pt]. The van der Waals surface area contributed by atoms with Gasteiger partial charge in [-0.25, -0.2) is 4.68 Å². The summed E-state index contributed by atoms with van der Waals surface area (Å²) in [6.45, 7) is 0. The Bertz CT molecular complexity index is 386. The van der Waals surface area contributed by atoms with Gasteiger partial charge in [-0.15, -0.1) is 6.07 Å². The number of nitrogens with zero attached hydrogens (tertiary/aromatic N) is 2. The molecule has 0 N–H and O–H groups in total. The van der Waals surface area contributed by atoms with Gasteiger partial charge in [-0.05, 0) is 5.69 Å². The van der Waals surface area contributed by atoms with Gasteiger partial charge in [0.2, 0.25) is 5.88 Å². The van der Waals surface area contributed by atoms with Crippen LogP contribution in [-0.2, 0) is 21.1 Å². The van der Waals surface area contributed by atoms with Crippen molar-refractivity contribution < 1.29 is 25.8 Å². The normalized spacial score (nSPS) is 9.21. The van der Waals surface area contributed by atoms with E-state index in [1.165, 1.54) is 0 Å². The van der Waals surface area contributed by atoms with Crippen molar-refractivity contribution in [3.63, 3.8) is 0 Å². The van der Waals surface area contributed by atoms with E-state index >= 15 is 0 Å².